The molecule has 1 aliphatic rings. The minimum Gasteiger partial charge on any atom is -0.481 e. The summed E-state index contributed by atoms with van der Waals surface area (Å²) < 4.78 is 4.94. The van der Waals surface area contributed by atoms with E-state index in [4.69, 9.17) is 14.6 Å². The van der Waals surface area contributed by atoms with Gasteiger partial charge in [0.05, 0.1) is 7.11 Å². The first-order valence-corrected chi connectivity index (χ1v) is 11.1. The number of allylic oxidation sites excluding steroid dienone is 5. The number of aromatic nitrogens is 1. The fraction of sp³-hybridized carbons (Fsp3) is 0.444. The van der Waals surface area contributed by atoms with Gasteiger partial charge in [-0.15, -0.1) is 0 Å². The van der Waals surface area contributed by atoms with Crippen LogP contribution in [0.2, 0.25) is 0 Å². The van der Waals surface area contributed by atoms with Gasteiger partial charge in [-0.05, 0) is 69.6 Å². The Bertz CT molecular complexity index is 837. The van der Waals surface area contributed by atoms with Crippen LogP contribution in [0.5, 0.6) is 5.88 Å². The molecule has 33 heavy (non-hydrogen) atoms. The van der Waals surface area contributed by atoms with Crippen molar-refractivity contribution in [2.45, 2.75) is 53.0 Å². The number of aliphatic imine (C=N–C) groups is 1. The molecule has 1 N–H and O–H groups in total. The second-order valence-corrected chi connectivity index (χ2v) is 7.93. The molecule has 182 valence electrons. The SMILES string of the molecule is C=C\C=C/C(C(=C)C)=C(/N=C\C)N(C)C1CC(CCO)C1.C=O.COc1cc(C)c(C)cn1. The Balaban J connectivity index is 0.000000709. The highest BCUT2D eigenvalue weighted by Crippen LogP contribution is 2.36. The van der Waals surface area contributed by atoms with Crippen molar-refractivity contribution in [2.24, 2.45) is 10.9 Å². The van der Waals surface area contributed by atoms with Crippen LogP contribution in [0.4, 0.5) is 0 Å². The number of aryl methyl sites for hydroxylation is 2. The van der Waals surface area contributed by atoms with Gasteiger partial charge in [0, 0.05) is 43.7 Å². The minimum absolute atomic E-state index is 0.288. The molecule has 6 nitrogen and oxygen atoms in total. The van der Waals surface area contributed by atoms with Gasteiger partial charge >= 0.3 is 0 Å². The lowest BCUT2D eigenvalue weighted by atomic mass is 9.77. The Labute approximate surface area is 200 Å². The van der Waals surface area contributed by atoms with Crippen molar-refractivity contribution in [2.75, 3.05) is 20.8 Å². The molecule has 0 bridgehead atoms. The lowest BCUT2D eigenvalue weighted by Crippen LogP contribution is -2.42. The number of rotatable bonds is 9. The summed E-state index contributed by atoms with van der Waals surface area (Å²) in [6, 6.07) is 2.42. The average Bonchev–Trinajstić information content (AvgIpc) is 2.78. The highest BCUT2D eigenvalue weighted by Gasteiger charge is 2.32. The molecule has 2 rings (SSSR count). The van der Waals surface area contributed by atoms with E-state index in [9.17, 15) is 0 Å². The van der Waals surface area contributed by atoms with Gasteiger partial charge in [-0.25, -0.2) is 9.98 Å². The van der Waals surface area contributed by atoms with Crippen LogP contribution in [0.1, 0.15) is 44.2 Å². The molecule has 1 aromatic heterocycles. The number of pyridine rings is 1. The third kappa shape index (κ3) is 10.00. The van der Waals surface area contributed by atoms with E-state index in [0.717, 1.165) is 36.2 Å². The molecular weight excluding hydrogens is 414 g/mol. The van der Waals surface area contributed by atoms with E-state index >= 15 is 0 Å². The first-order valence-electron chi connectivity index (χ1n) is 11.1. The number of aliphatic hydroxyl groups excluding tert-OH is 1. The summed E-state index contributed by atoms with van der Waals surface area (Å²) in [4.78, 5) is 18.8. The standard InChI is InChI=1S/C18H28N2O.C8H11NO.CH2O/c1-6-8-9-17(14(3)4)18(19-7-2)20(5)16-12-15(13-16)10-11-21;1-6-4-8(10-3)9-5-7(6)2;1-2/h6-9,15-16,21H,1,3,10-13H2,2,4-5H3;4-5H,1-3H3;1H2/b9-8-,18-17+,19-7-;;. The van der Waals surface area contributed by atoms with Crippen LogP contribution in [-0.4, -0.2) is 54.8 Å². The summed E-state index contributed by atoms with van der Waals surface area (Å²) >= 11 is 0. The highest BCUT2D eigenvalue weighted by molar-refractivity contribution is 5.57. The van der Waals surface area contributed by atoms with Crippen molar-refractivity contribution in [3.8, 4) is 5.88 Å². The van der Waals surface area contributed by atoms with Crippen molar-refractivity contribution in [1.82, 2.24) is 9.88 Å². The normalized spacial score (nSPS) is 17.7. The Hall–Kier alpha value is -2.99. The van der Waals surface area contributed by atoms with Crippen LogP contribution in [0.25, 0.3) is 0 Å². The molecule has 1 aliphatic carbocycles. The number of ether oxygens (including phenoxy) is 1. The van der Waals surface area contributed by atoms with E-state index in [1.165, 1.54) is 11.1 Å². The predicted molar refractivity (Wildman–Crippen MR) is 139 cm³/mol. The zero-order valence-corrected chi connectivity index (χ0v) is 21.2. The number of nitrogens with zero attached hydrogens (tertiary/aromatic N) is 3. The van der Waals surface area contributed by atoms with E-state index in [0.29, 0.717) is 17.8 Å². The van der Waals surface area contributed by atoms with E-state index < -0.39 is 0 Å². The summed E-state index contributed by atoms with van der Waals surface area (Å²) in [6.45, 7) is 18.1. The molecule has 1 fully saturated rings. The van der Waals surface area contributed by atoms with Gasteiger partial charge in [0.15, 0.2) is 0 Å². The van der Waals surface area contributed by atoms with Crippen LogP contribution in [0, 0.1) is 19.8 Å². The molecule has 0 radical (unpaired) electrons. The van der Waals surface area contributed by atoms with E-state index in [-0.39, 0.29) is 6.61 Å². The summed E-state index contributed by atoms with van der Waals surface area (Å²) in [7, 11) is 3.71. The maximum atomic E-state index is 9.00. The molecule has 0 spiro atoms. The van der Waals surface area contributed by atoms with E-state index in [2.05, 4.69) is 35.1 Å². The molecule has 0 aliphatic heterocycles. The van der Waals surface area contributed by atoms with Gasteiger partial charge in [-0.1, -0.05) is 31.4 Å². The number of carbonyl (C=O) groups is 1. The summed E-state index contributed by atoms with van der Waals surface area (Å²) in [6.07, 6.45) is 12.5. The summed E-state index contributed by atoms with van der Waals surface area (Å²) in [5.41, 5.74) is 4.44. The van der Waals surface area contributed by atoms with Crippen molar-refractivity contribution >= 4 is 13.0 Å². The molecule has 6 heteroatoms. The third-order valence-electron chi connectivity index (χ3n) is 5.54. The number of methoxy groups -OCH3 is 1. The van der Waals surface area contributed by atoms with Gasteiger partial charge in [0.25, 0.3) is 0 Å². The number of hydrogen-bond donors (Lipinski definition) is 1. The van der Waals surface area contributed by atoms with Crippen LogP contribution < -0.4 is 4.74 Å². The van der Waals surface area contributed by atoms with Crippen molar-refractivity contribution in [3.63, 3.8) is 0 Å². The maximum Gasteiger partial charge on any atom is 0.213 e. The lowest BCUT2D eigenvalue weighted by molar-refractivity contribution is -0.0980. The zero-order chi connectivity index (χ0) is 25.4. The maximum absolute atomic E-state index is 9.00. The molecule has 1 saturated carbocycles. The van der Waals surface area contributed by atoms with Crippen molar-refractivity contribution < 1.29 is 14.6 Å². The Morgan fingerprint density at radius 2 is 1.97 bits per heavy atom. The van der Waals surface area contributed by atoms with Crippen LogP contribution >= 0.6 is 0 Å². The van der Waals surface area contributed by atoms with E-state index in [1.54, 1.807) is 13.2 Å². The predicted octanol–water partition coefficient (Wildman–Crippen LogP) is 5.22. The van der Waals surface area contributed by atoms with Crippen LogP contribution in [-0.2, 0) is 4.79 Å². The van der Waals surface area contributed by atoms with Gasteiger partial charge in [0.2, 0.25) is 5.88 Å². The second-order valence-electron chi connectivity index (χ2n) is 7.93. The quantitative estimate of drug-likeness (QED) is 0.408. The average molecular weight is 456 g/mol. The number of aliphatic hydroxyl groups is 1. The van der Waals surface area contributed by atoms with Crippen molar-refractivity contribution in [3.05, 3.63) is 71.7 Å². The first-order chi connectivity index (χ1) is 15.8. The van der Waals surface area contributed by atoms with Gasteiger partial charge in [-0.3, -0.25) is 0 Å². The third-order valence-corrected chi connectivity index (χ3v) is 5.54. The smallest absolute Gasteiger partial charge is 0.213 e. The molecular formula is C27H41N3O3. The molecule has 0 saturated heterocycles. The molecule has 1 heterocycles. The number of hydrogen-bond acceptors (Lipinski definition) is 6. The van der Waals surface area contributed by atoms with E-state index in [1.807, 2.05) is 65.1 Å². The van der Waals surface area contributed by atoms with Crippen LogP contribution in [0.15, 0.2) is 65.6 Å². The first kappa shape index (κ1) is 30.0. The fourth-order valence-corrected chi connectivity index (χ4v) is 3.36. The summed E-state index contributed by atoms with van der Waals surface area (Å²) in [5, 5.41) is 9.00. The largest absolute Gasteiger partial charge is 0.481 e. The zero-order valence-electron chi connectivity index (χ0n) is 21.2. The lowest BCUT2D eigenvalue weighted by Gasteiger charge is -2.42. The molecule has 0 amide bonds. The topological polar surface area (TPSA) is 75.0 Å². The minimum atomic E-state index is 0.288. The van der Waals surface area contributed by atoms with Gasteiger partial charge in [-0.2, -0.15) is 0 Å². The molecule has 1 aromatic rings. The monoisotopic (exact) mass is 455 g/mol. The Morgan fingerprint density at radius 3 is 2.42 bits per heavy atom. The Kier molecular flexibility index (Phi) is 15.1. The second kappa shape index (κ2) is 16.6. The van der Waals surface area contributed by atoms with Gasteiger partial charge in [0.1, 0.15) is 12.6 Å². The highest BCUT2D eigenvalue weighted by atomic mass is 16.5. The molecule has 0 unspecified atom stereocenters. The molecule has 0 atom stereocenters. The Morgan fingerprint density at radius 1 is 1.33 bits per heavy atom. The number of carbonyl (C=O) groups excluding carboxylic acids is 1. The van der Waals surface area contributed by atoms with Crippen molar-refractivity contribution in [1.29, 1.82) is 0 Å². The summed E-state index contributed by atoms with van der Waals surface area (Å²) in [5.74, 6) is 2.28. The fourth-order valence-electron chi connectivity index (χ4n) is 3.36. The molecule has 0 aromatic carbocycles. The van der Waals surface area contributed by atoms with Crippen LogP contribution in [0.3, 0.4) is 0 Å². The van der Waals surface area contributed by atoms with Gasteiger partial charge < -0.3 is 19.5 Å².